The summed E-state index contributed by atoms with van der Waals surface area (Å²) in [5.74, 6) is -0.564. The summed E-state index contributed by atoms with van der Waals surface area (Å²) >= 11 is 0. The molecule has 0 aromatic heterocycles. The number of carbonyl (C=O) groups excluding carboxylic acids is 4. The third kappa shape index (κ3) is 18.1. The average molecular weight is 749 g/mol. The topological polar surface area (TPSA) is 127 Å². The van der Waals surface area contributed by atoms with Gasteiger partial charge < -0.3 is 23.7 Å². The van der Waals surface area contributed by atoms with Crippen LogP contribution in [0.25, 0.3) is 0 Å². The first-order chi connectivity index (χ1) is 25.0. The average Bonchev–Trinajstić information content (AvgIpc) is 3.05. The van der Waals surface area contributed by atoms with Gasteiger partial charge in [0.1, 0.15) is 29.0 Å². The molecule has 0 amide bonds. The monoisotopic (exact) mass is 748 g/mol. The minimum Gasteiger partial charge on any atom is -0.494 e. The quantitative estimate of drug-likeness (QED) is 0.177. The van der Waals surface area contributed by atoms with Gasteiger partial charge in [0.05, 0.1) is 32.9 Å². The lowest BCUT2D eigenvalue weighted by Crippen LogP contribution is -2.54. The van der Waals surface area contributed by atoms with Gasteiger partial charge in [-0.2, -0.15) is 0 Å². The maximum absolute atomic E-state index is 13.7. The minimum atomic E-state index is -0.651. The second-order valence-electron chi connectivity index (χ2n) is 15.4. The number of esters is 4. The number of benzene rings is 1. The van der Waals surface area contributed by atoms with Crippen molar-refractivity contribution in [2.45, 2.75) is 112 Å². The molecule has 1 aromatic rings. The molecule has 13 heteroatoms. The fraction of sp³-hybridized carbons (Fsp3) is 0.750. The van der Waals surface area contributed by atoms with Crippen LogP contribution >= 0.6 is 0 Å². The highest BCUT2D eigenvalue weighted by molar-refractivity contribution is 5.76. The van der Waals surface area contributed by atoms with Crippen molar-refractivity contribution in [2.75, 3.05) is 85.3 Å². The number of nitrogens with zero attached hydrogens (tertiary/aromatic N) is 4. The van der Waals surface area contributed by atoms with E-state index < -0.39 is 23.3 Å². The second kappa shape index (κ2) is 22.8. The van der Waals surface area contributed by atoms with Crippen LogP contribution in [0.5, 0.6) is 5.75 Å². The van der Waals surface area contributed by atoms with Crippen LogP contribution in [0, 0.1) is 0 Å². The van der Waals surface area contributed by atoms with Gasteiger partial charge in [0.15, 0.2) is 0 Å². The van der Waals surface area contributed by atoms with Gasteiger partial charge in [-0.3, -0.25) is 38.8 Å². The van der Waals surface area contributed by atoms with Gasteiger partial charge in [-0.15, -0.1) is 0 Å². The Morgan fingerprint density at radius 1 is 0.604 bits per heavy atom. The molecule has 0 bridgehead atoms. The predicted octanol–water partition coefficient (Wildman–Crippen LogP) is 4.20. The summed E-state index contributed by atoms with van der Waals surface area (Å²) in [7, 11) is 0. The van der Waals surface area contributed by atoms with E-state index >= 15 is 0 Å². The van der Waals surface area contributed by atoms with Crippen LogP contribution in [0.2, 0.25) is 0 Å². The van der Waals surface area contributed by atoms with Crippen LogP contribution in [0.15, 0.2) is 24.3 Å². The lowest BCUT2D eigenvalue weighted by molar-refractivity contribution is -0.157. The Hall–Kier alpha value is -3.26. The number of ether oxygens (including phenoxy) is 5. The molecule has 0 aliphatic carbocycles. The molecule has 53 heavy (non-hydrogen) atoms. The highest BCUT2D eigenvalue weighted by Crippen LogP contribution is 2.18. The summed E-state index contributed by atoms with van der Waals surface area (Å²) in [6, 6.07) is 6.61. The largest absolute Gasteiger partial charge is 0.494 e. The first-order valence-corrected chi connectivity index (χ1v) is 19.4. The van der Waals surface area contributed by atoms with Crippen LogP contribution in [0.4, 0.5) is 0 Å². The summed E-state index contributed by atoms with van der Waals surface area (Å²) < 4.78 is 28.2. The molecule has 1 saturated heterocycles. The SMILES string of the molecule is CCCC(C(=O)OCC)N1CCN(CC(=O)OC(C)(C)C)CCN(C(Cc2ccc(OCC)cc2)C(=O)OCC)CCN(CC(=O)OC(C)(C)C)CC1. The smallest absolute Gasteiger partial charge is 0.323 e. The summed E-state index contributed by atoms with van der Waals surface area (Å²) in [6.07, 6.45) is 1.79. The molecular formula is C40H68N4O9. The zero-order valence-electron chi connectivity index (χ0n) is 34.2. The van der Waals surface area contributed by atoms with Gasteiger partial charge in [0, 0.05) is 52.4 Å². The summed E-state index contributed by atoms with van der Waals surface area (Å²) in [6.45, 7) is 23.4. The van der Waals surface area contributed by atoms with Crippen molar-refractivity contribution in [3.8, 4) is 5.75 Å². The highest BCUT2D eigenvalue weighted by Gasteiger charge is 2.32. The van der Waals surface area contributed by atoms with E-state index in [2.05, 4.69) is 9.80 Å². The normalized spacial score (nSPS) is 17.5. The Balaban J connectivity index is 2.55. The lowest BCUT2D eigenvalue weighted by Gasteiger charge is -2.38. The van der Waals surface area contributed by atoms with Gasteiger partial charge >= 0.3 is 23.9 Å². The molecule has 1 heterocycles. The van der Waals surface area contributed by atoms with Crippen LogP contribution in [-0.2, 0) is 44.5 Å². The van der Waals surface area contributed by atoms with Crippen LogP contribution in [0.1, 0.15) is 87.6 Å². The Morgan fingerprint density at radius 2 is 1.02 bits per heavy atom. The van der Waals surface area contributed by atoms with Crippen molar-refractivity contribution in [2.24, 2.45) is 0 Å². The molecule has 1 aliphatic rings. The van der Waals surface area contributed by atoms with E-state index in [0.29, 0.717) is 71.8 Å². The maximum atomic E-state index is 13.7. The van der Waals surface area contributed by atoms with Crippen molar-refractivity contribution in [1.82, 2.24) is 19.6 Å². The first-order valence-electron chi connectivity index (χ1n) is 19.4. The third-order valence-electron chi connectivity index (χ3n) is 8.58. The number of hydrogen-bond donors (Lipinski definition) is 0. The summed E-state index contributed by atoms with van der Waals surface area (Å²) in [5, 5.41) is 0. The second-order valence-corrected chi connectivity index (χ2v) is 15.4. The Morgan fingerprint density at radius 3 is 1.40 bits per heavy atom. The minimum absolute atomic E-state index is 0.0462. The fourth-order valence-electron chi connectivity index (χ4n) is 6.25. The van der Waals surface area contributed by atoms with Gasteiger partial charge in [0.2, 0.25) is 0 Å². The van der Waals surface area contributed by atoms with E-state index in [9.17, 15) is 19.2 Å². The highest BCUT2D eigenvalue weighted by atomic mass is 16.6. The molecule has 13 nitrogen and oxygen atoms in total. The zero-order chi connectivity index (χ0) is 39.6. The van der Waals surface area contributed by atoms with E-state index in [1.165, 1.54) is 0 Å². The van der Waals surface area contributed by atoms with Crippen LogP contribution < -0.4 is 4.74 Å². The van der Waals surface area contributed by atoms with Crippen molar-refractivity contribution in [3.05, 3.63) is 29.8 Å². The molecule has 1 fully saturated rings. The van der Waals surface area contributed by atoms with E-state index in [-0.39, 0.29) is 50.2 Å². The summed E-state index contributed by atoms with van der Waals surface area (Å²) in [5.41, 5.74) is -0.352. The molecule has 0 saturated carbocycles. The molecule has 1 aromatic carbocycles. The van der Waals surface area contributed by atoms with Crippen LogP contribution in [0.3, 0.4) is 0 Å². The standard InChI is InChI=1S/C40H68N4O9/c1-11-15-33(37(47)50-13-3)43-24-20-41(29-35(45)52-39(5,6)7)22-26-44(27-23-42(21-25-43)30-36(46)53-40(8,9)10)34(38(48)51-14-4)28-31-16-18-32(19-17-31)49-12-2/h16-19,33-34H,11-15,20-30H2,1-10H3. The Kier molecular flexibility index (Phi) is 19.8. The van der Waals surface area contributed by atoms with Crippen LogP contribution in [-0.4, -0.2) is 152 Å². The fourth-order valence-corrected chi connectivity index (χ4v) is 6.25. The molecule has 2 atom stereocenters. The van der Waals surface area contributed by atoms with Crippen molar-refractivity contribution in [3.63, 3.8) is 0 Å². The number of rotatable bonds is 16. The molecule has 2 rings (SSSR count). The molecule has 302 valence electrons. The van der Waals surface area contributed by atoms with Crippen molar-refractivity contribution >= 4 is 23.9 Å². The molecule has 0 N–H and O–H groups in total. The van der Waals surface area contributed by atoms with Crippen molar-refractivity contribution in [1.29, 1.82) is 0 Å². The molecule has 2 unspecified atom stereocenters. The zero-order valence-corrected chi connectivity index (χ0v) is 34.2. The lowest BCUT2D eigenvalue weighted by atomic mass is 10.0. The summed E-state index contributed by atoms with van der Waals surface area (Å²) in [4.78, 5) is 61.6. The van der Waals surface area contributed by atoms with Gasteiger partial charge in [0.25, 0.3) is 0 Å². The van der Waals surface area contributed by atoms with Gasteiger partial charge in [-0.1, -0.05) is 25.5 Å². The molecular weight excluding hydrogens is 680 g/mol. The Bertz CT molecular complexity index is 1220. The molecule has 1 aliphatic heterocycles. The van der Waals surface area contributed by atoms with E-state index in [4.69, 9.17) is 23.7 Å². The van der Waals surface area contributed by atoms with Gasteiger partial charge in [-0.25, -0.2) is 0 Å². The van der Waals surface area contributed by atoms with E-state index in [0.717, 1.165) is 17.7 Å². The maximum Gasteiger partial charge on any atom is 0.323 e. The molecule has 0 radical (unpaired) electrons. The number of carbonyl (C=O) groups is 4. The van der Waals surface area contributed by atoms with Gasteiger partial charge in [-0.05, 0) is 92.9 Å². The first kappa shape index (κ1) is 45.9. The van der Waals surface area contributed by atoms with E-state index in [1.54, 1.807) is 13.8 Å². The van der Waals surface area contributed by atoms with Crippen molar-refractivity contribution < 1.29 is 42.9 Å². The van der Waals surface area contributed by atoms with E-state index in [1.807, 2.05) is 89.5 Å². The number of hydrogen-bond acceptors (Lipinski definition) is 13. The Labute approximate surface area is 318 Å². The molecule has 0 spiro atoms. The predicted molar refractivity (Wildman–Crippen MR) is 205 cm³/mol. The third-order valence-corrected chi connectivity index (χ3v) is 8.58.